The highest BCUT2D eigenvalue weighted by molar-refractivity contribution is 5.74. The molecule has 5 heteroatoms. The maximum absolute atomic E-state index is 11.9. The predicted octanol–water partition coefficient (Wildman–Crippen LogP) is 1.75. The van der Waals surface area contributed by atoms with Gasteiger partial charge in [0.2, 0.25) is 0 Å². The molecule has 118 valence electrons. The van der Waals surface area contributed by atoms with Crippen molar-refractivity contribution >= 4 is 6.03 Å². The van der Waals surface area contributed by atoms with Crippen molar-refractivity contribution in [2.75, 3.05) is 26.7 Å². The first-order valence-corrected chi connectivity index (χ1v) is 7.48. The van der Waals surface area contributed by atoms with E-state index >= 15 is 0 Å². The van der Waals surface area contributed by atoms with Crippen LogP contribution in [0.2, 0.25) is 0 Å². The van der Waals surface area contributed by atoms with Crippen LogP contribution >= 0.6 is 0 Å². The summed E-state index contributed by atoms with van der Waals surface area (Å²) in [4.78, 5) is 14.1. The molecule has 1 aromatic rings. The van der Waals surface area contributed by atoms with Crippen LogP contribution in [0.3, 0.4) is 0 Å². The summed E-state index contributed by atoms with van der Waals surface area (Å²) in [5.74, 6) is 0. The van der Waals surface area contributed by atoms with E-state index in [2.05, 4.69) is 29.4 Å². The van der Waals surface area contributed by atoms with E-state index in [0.29, 0.717) is 12.6 Å². The number of carbonyl (C=O) groups is 1. The third-order valence-electron chi connectivity index (χ3n) is 3.78. The summed E-state index contributed by atoms with van der Waals surface area (Å²) in [5.41, 5.74) is 0.895. The van der Waals surface area contributed by atoms with Gasteiger partial charge >= 0.3 is 6.03 Å². The standard InChI is InChI=1S/C16H27N3O2/c1-4-13(2)19(3)11-10-17-16(21)18-15(12-20)14-8-6-5-7-9-14/h5-9,13,15,20H,4,10-12H2,1-3H3,(H2,17,18,21). The molecule has 21 heavy (non-hydrogen) atoms. The fourth-order valence-electron chi connectivity index (χ4n) is 2.01. The number of nitrogens with one attached hydrogen (secondary N) is 2. The second-order valence-electron chi connectivity index (χ2n) is 5.28. The maximum atomic E-state index is 11.9. The topological polar surface area (TPSA) is 64.6 Å². The zero-order valence-corrected chi connectivity index (χ0v) is 13.2. The molecule has 0 aliphatic heterocycles. The number of hydrogen-bond acceptors (Lipinski definition) is 3. The molecule has 2 amide bonds. The molecule has 0 aliphatic carbocycles. The Morgan fingerprint density at radius 2 is 2.00 bits per heavy atom. The van der Waals surface area contributed by atoms with Crippen molar-refractivity contribution in [1.29, 1.82) is 0 Å². The van der Waals surface area contributed by atoms with Gasteiger partial charge in [-0.15, -0.1) is 0 Å². The number of aliphatic hydroxyl groups excluding tert-OH is 1. The Morgan fingerprint density at radius 3 is 2.57 bits per heavy atom. The van der Waals surface area contributed by atoms with Crippen molar-refractivity contribution in [3.63, 3.8) is 0 Å². The quantitative estimate of drug-likeness (QED) is 0.684. The molecule has 1 aromatic carbocycles. The van der Waals surface area contributed by atoms with Crippen LogP contribution in [-0.4, -0.2) is 48.8 Å². The molecule has 0 bridgehead atoms. The number of urea groups is 1. The number of nitrogens with zero attached hydrogens (tertiary/aromatic N) is 1. The third-order valence-corrected chi connectivity index (χ3v) is 3.78. The summed E-state index contributed by atoms with van der Waals surface area (Å²) >= 11 is 0. The van der Waals surface area contributed by atoms with E-state index in [1.807, 2.05) is 37.4 Å². The van der Waals surface area contributed by atoms with Gasteiger partial charge in [0, 0.05) is 19.1 Å². The lowest BCUT2D eigenvalue weighted by Gasteiger charge is -2.24. The van der Waals surface area contributed by atoms with Gasteiger partial charge in [-0.3, -0.25) is 0 Å². The summed E-state index contributed by atoms with van der Waals surface area (Å²) in [6.07, 6.45) is 1.09. The van der Waals surface area contributed by atoms with Gasteiger partial charge < -0.3 is 20.6 Å². The molecule has 0 saturated heterocycles. The molecule has 5 nitrogen and oxygen atoms in total. The Balaban J connectivity index is 2.35. The average molecular weight is 293 g/mol. The molecule has 0 saturated carbocycles. The average Bonchev–Trinajstić information content (AvgIpc) is 2.52. The molecule has 0 heterocycles. The van der Waals surface area contributed by atoms with E-state index in [0.717, 1.165) is 18.5 Å². The number of carbonyl (C=O) groups excluding carboxylic acids is 1. The molecule has 0 aliphatic rings. The summed E-state index contributed by atoms with van der Waals surface area (Å²) < 4.78 is 0. The highest BCUT2D eigenvalue weighted by Gasteiger charge is 2.13. The lowest BCUT2D eigenvalue weighted by Crippen LogP contribution is -2.43. The van der Waals surface area contributed by atoms with E-state index in [9.17, 15) is 9.90 Å². The van der Waals surface area contributed by atoms with Crippen LogP contribution < -0.4 is 10.6 Å². The number of aliphatic hydroxyl groups is 1. The molecule has 0 aromatic heterocycles. The Hall–Kier alpha value is -1.59. The Kier molecular flexibility index (Phi) is 7.79. The molecule has 1 rings (SSSR count). The second kappa shape index (κ2) is 9.37. The molecule has 0 spiro atoms. The zero-order valence-electron chi connectivity index (χ0n) is 13.2. The monoisotopic (exact) mass is 293 g/mol. The minimum absolute atomic E-state index is 0.121. The smallest absolute Gasteiger partial charge is 0.315 e. The molecule has 2 atom stereocenters. The van der Waals surface area contributed by atoms with Crippen molar-refractivity contribution in [2.24, 2.45) is 0 Å². The number of likely N-dealkylation sites (N-methyl/N-ethyl adjacent to an activating group) is 1. The number of rotatable bonds is 8. The van der Waals surface area contributed by atoms with Gasteiger partial charge in [-0.1, -0.05) is 37.3 Å². The second-order valence-corrected chi connectivity index (χ2v) is 5.28. The van der Waals surface area contributed by atoms with Gasteiger partial charge in [0.05, 0.1) is 12.6 Å². The van der Waals surface area contributed by atoms with E-state index in [-0.39, 0.29) is 18.7 Å². The SMILES string of the molecule is CCC(C)N(C)CCNC(=O)NC(CO)c1ccccc1. The zero-order chi connectivity index (χ0) is 15.7. The highest BCUT2D eigenvalue weighted by Crippen LogP contribution is 2.10. The largest absolute Gasteiger partial charge is 0.394 e. The first-order valence-electron chi connectivity index (χ1n) is 7.48. The molecular weight excluding hydrogens is 266 g/mol. The maximum Gasteiger partial charge on any atom is 0.315 e. The summed E-state index contributed by atoms with van der Waals surface area (Å²) in [5, 5.41) is 15.0. The number of benzene rings is 1. The minimum atomic E-state index is -0.376. The van der Waals surface area contributed by atoms with Gasteiger partial charge in [0.1, 0.15) is 0 Å². The van der Waals surface area contributed by atoms with Crippen LogP contribution in [0.5, 0.6) is 0 Å². The lowest BCUT2D eigenvalue weighted by atomic mass is 10.1. The van der Waals surface area contributed by atoms with E-state index in [1.165, 1.54) is 0 Å². The first kappa shape index (κ1) is 17.5. The van der Waals surface area contributed by atoms with Crippen LogP contribution in [-0.2, 0) is 0 Å². The molecule has 0 fully saturated rings. The number of hydrogen-bond donors (Lipinski definition) is 3. The van der Waals surface area contributed by atoms with E-state index < -0.39 is 0 Å². The van der Waals surface area contributed by atoms with Crippen LogP contribution in [0.1, 0.15) is 31.9 Å². The summed E-state index contributed by atoms with van der Waals surface area (Å²) in [6.45, 7) is 5.58. The van der Waals surface area contributed by atoms with Crippen molar-refractivity contribution in [1.82, 2.24) is 15.5 Å². The van der Waals surface area contributed by atoms with Crippen LogP contribution in [0, 0.1) is 0 Å². The lowest BCUT2D eigenvalue weighted by molar-refractivity contribution is 0.212. The van der Waals surface area contributed by atoms with Gasteiger partial charge in [-0.2, -0.15) is 0 Å². The van der Waals surface area contributed by atoms with Crippen molar-refractivity contribution in [3.05, 3.63) is 35.9 Å². The summed E-state index contributed by atoms with van der Waals surface area (Å²) in [6, 6.07) is 9.33. The number of amides is 2. The van der Waals surface area contributed by atoms with E-state index in [1.54, 1.807) is 0 Å². The van der Waals surface area contributed by atoms with Gasteiger partial charge in [0.15, 0.2) is 0 Å². The normalized spacial score (nSPS) is 13.8. The Morgan fingerprint density at radius 1 is 1.33 bits per heavy atom. The van der Waals surface area contributed by atoms with Gasteiger partial charge in [-0.25, -0.2) is 4.79 Å². The predicted molar refractivity (Wildman–Crippen MR) is 85.2 cm³/mol. The molecular formula is C16H27N3O2. The third kappa shape index (κ3) is 6.14. The molecule has 2 unspecified atom stereocenters. The van der Waals surface area contributed by atoms with Crippen molar-refractivity contribution < 1.29 is 9.90 Å². The fraction of sp³-hybridized carbons (Fsp3) is 0.562. The Labute approximate surface area is 127 Å². The summed E-state index contributed by atoms with van der Waals surface area (Å²) in [7, 11) is 2.05. The van der Waals surface area contributed by atoms with Gasteiger partial charge in [0.25, 0.3) is 0 Å². The fourth-order valence-corrected chi connectivity index (χ4v) is 2.01. The minimum Gasteiger partial charge on any atom is -0.394 e. The van der Waals surface area contributed by atoms with E-state index in [4.69, 9.17) is 0 Å². The molecule has 0 radical (unpaired) electrons. The Bertz CT molecular complexity index is 411. The van der Waals surface area contributed by atoms with Crippen LogP contribution in [0.15, 0.2) is 30.3 Å². The van der Waals surface area contributed by atoms with Crippen molar-refractivity contribution in [3.8, 4) is 0 Å². The first-order chi connectivity index (χ1) is 10.1. The molecule has 3 N–H and O–H groups in total. The van der Waals surface area contributed by atoms with Crippen molar-refractivity contribution in [2.45, 2.75) is 32.4 Å². The van der Waals surface area contributed by atoms with Crippen LogP contribution in [0.4, 0.5) is 4.79 Å². The van der Waals surface area contributed by atoms with Gasteiger partial charge in [-0.05, 0) is 26.0 Å². The highest BCUT2D eigenvalue weighted by atomic mass is 16.3. The van der Waals surface area contributed by atoms with Crippen LogP contribution in [0.25, 0.3) is 0 Å².